The van der Waals surface area contributed by atoms with Crippen molar-refractivity contribution in [1.82, 2.24) is 0 Å². The van der Waals surface area contributed by atoms with Crippen molar-refractivity contribution in [3.05, 3.63) is 11.8 Å². The zero-order valence-corrected chi connectivity index (χ0v) is 16.6. The summed E-state index contributed by atoms with van der Waals surface area (Å²) in [5.74, 6) is -1.18. The second kappa shape index (κ2) is 5.88. The topological polar surface area (TPSA) is 93.1 Å². The summed E-state index contributed by atoms with van der Waals surface area (Å²) in [6.45, 7) is 7.79. The second-order valence-electron chi connectivity index (χ2n) is 9.45. The van der Waals surface area contributed by atoms with Gasteiger partial charge in [0.15, 0.2) is 17.8 Å². The van der Waals surface area contributed by atoms with Crippen LogP contribution in [-0.4, -0.2) is 47.4 Å². The molecule has 1 saturated heterocycles. The zero-order valence-electron chi connectivity index (χ0n) is 16.6. The summed E-state index contributed by atoms with van der Waals surface area (Å²) < 4.78 is 11.3. The molecule has 0 radical (unpaired) electrons. The Kier molecular flexibility index (Phi) is 4.16. The fraction of sp³-hybridized carbons (Fsp3) is 0.810. The highest BCUT2D eigenvalue weighted by atomic mass is 16.6. The highest BCUT2D eigenvalue weighted by Gasteiger charge is 2.72. The van der Waals surface area contributed by atoms with E-state index in [-0.39, 0.29) is 41.3 Å². The van der Waals surface area contributed by atoms with Crippen molar-refractivity contribution >= 4 is 11.6 Å². The number of Topliss-reactive ketones (excluding diaryl/α,β-unsaturated/α-hetero) is 2. The molecule has 5 unspecified atom stereocenters. The average Bonchev–Trinajstić information content (AvgIpc) is 2.61. The molecule has 0 spiro atoms. The molecule has 3 aliphatic carbocycles. The predicted octanol–water partition coefficient (Wildman–Crippen LogP) is 1.69. The van der Waals surface area contributed by atoms with Crippen molar-refractivity contribution in [3.63, 3.8) is 0 Å². The molecule has 0 bridgehead atoms. The predicted molar refractivity (Wildman–Crippen MR) is 96.2 cm³/mol. The van der Waals surface area contributed by atoms with E-state index in [2.05, 4.69) is 0 Å². The first-order chi connectivity index (χ1) is 12.6. The molecule has 150 valence electrons. The van der Waals surface area contributed by atoms with Crippen molar-refractivity contribution in [2.45, 2.75) is 59.0 Å². The van der Waals surface area contributed by atoms with Crippen LogP contribution in [0.3, 0.4) is 0 Å². The molecule has 2 saturated carbocycles. The number of fused-ring (bicyclic) bond motifs is 2. The average molecular weight is 378 g/mol. The van der Waals surface area contributed by atoms with E-state index < -0.39 is 29.1 Å². The molecule has 6 heteroatoms. The SMILES string of the molecule is COC1=CC(C)C2C[C@H]3O[C@H](O)C[C@H]4C(C)C(=O)C(O)C([C@@]2(C)C1=O)[C@@]34C. The molecule has 2 N–H and O–H groups in total. The Balaban J connectivity index is 1.93. The lowest BCUT2D eigenvalue weighted by Crippen LogP contribution is -2.73. The largest absolute Gasteiger partial charge is 0.493 e. The van der Waals surface area contributed by atoms with Crippen LogP contribution in [0.1, 0.15) is 40.5 Å². The number of carbonyl (C=O) groups is 2. The minimum atomic E-state index is -1.22. The summed E-state index contributed by atoms with van der Waals surface area (Å²) in [7, 11) is 1.49. The molecule has 10 atom stereocenters. The monoisotopic (exact) mass is 378 g/mol. The number of ether oxygens (including phenoxy) is 2. The van der Waals surface area contributed by atoms with Gasteiger partial charge < -0.3 is 19.7 Å². The van der Waals surface area contributed by atoms with Crippen LogP contribution >= 0.6 is 0 Å². The van der Waals surface area contributed by atoms with E-state index in [1.807, 2.05) is 33.8 Å². The van der Waals surface area contributed by atoms with E-state index in [0.717, 1.165) is 0 Å². The van der Waals surface area contributed by atoms with Crippen molar-refractivity contribution in [1.29, 1.82) is 0 Å². The Morgan fingerprint density at radius 1 is 1.15 bits per heavy atom. The van der Waals surface area contributed by atoms with Crippen LogP contribution in [0.15, 0.2) is 11.8 Å². The summed E-state index contributed by atoms with van der Waals surface area (Å²) in [6, 6.07) is 0. The lowest BCUT2D eigenvalue weighted by atomic mass is 9.38. The molecule has 1 aliphatic heterocycles. The van der Waals surface area contributed by atoms with Crippen LogP contribution in [0, 0.1) is 40.4 Å². The summed E-state index contributed by atoms with van der Waals surface area (Å²) >= 11 is 0. The molecular weight excluding hydrogens is 348 g/mol. The van der Waals surface area contributed by atoms with Crippen molar-refractivity contribution in [2.75, 3.05) is 7.11 Å². The van der Waals surface area contributed by atoms with E-state index in [9.17, 15) is 19.8 Å². The van der Waals surface area contributed by atoms with Crippen LogP contribution in [-0.2, 0) is 19.1 Å². The smallest absolute Gasteiger partial charge is 0.203 e. The molecule has 1 heterocycles. The fourth-order valence-corrected chi connectivity index (χ4v) is 7.16. The van der Waals surface area contributed by atoms with Gasteiger partial charge in [0.1, 0.15) is 6.10 Å². The first kappa shape index (κ1) is 19.1. The molecule has 4 rings (SSSR count). The van der Waals surface area contributed by atoms with Crippen LogP contribution in [0.25, 0.3) is 0 Å². The van der Waals surface area contributed by atoms with Gasteiger partial charge in [-0.1, -0.05) is 27.7 Å². The number of allylic oxidation sites excluding steroid dienone is 2. The number of methoxy groups -OCH3 is 1. The highest BCUT2D eigenvalue weighted by Crippen LogP contribution is 2.67. The van der Waals surface area contributed by atoms with Gasteiger partial charge in [0.05, 0.1) is 13.2 Å². The minimum Gasteiger partial charge on any atom is -0.493 e. The maximum Gasteiger partial charge on any atom is 0.203 e. The zero-order chi connectivity index (χ0) is 19.9. The summed E-state index contributed by atoms with van der Waals surface area (Å²) in [6.07, 6.45) is 0.373. The number of ketones is 2. The van der Waals surface area contributed by atoms with Crippen molar-refractivity contribution in [2.24, 2.45) is 40.4 Å². The Labute approximate surface area is 159 Å². The Morgan fingerprint density at radius 3 is 2.44 bits per heavy atom. The van der Waals surface area contributed by atoms with Crippen LogP contribution in [0.5, 0.6) is 0 Å². The van der Waals surface area contributed by atoms with E-state index in [0.29, 0.717) is 18.6 Å². The Morgan fingerprint density at radius 2 is 1.81 bits per heavy atom. The van der Waals surface area contributed by atoms with Crippen molar-refractivity contribution in [3.8, 4) is 0 Å². The van der Waals surface area contributed by atoms with E-state index in [1.165, 1.54) is 7.11 Å². The summed E-state index contributed by atoms with van der Waals surface area (Å²) in [5.41, 5.74) is -1.48. The maximum absolute atomic E-state index is 13.5. The molecule has 3 fully saturated rings. The van der Waals surface area contributed by atoms with Gasteiger partial charge in [-0.3, -0.25) is 9.59 Å². The van der Waals surface area contributed by atoms with Crippen LogP contribution < -0.4 is 0 Å². The van der Waals surface area contributed by atoms with Crippen molar-refractivity contribution < 1.29 is 29.3 Å². The number of aliphatic hydroxyl groups is 2. The third kappa shape index (κ3) is 2.18. The van der Waals surface area contributed by atoms with Gasteiger partial charge >= 0.3 is 0 Å². The van der Waals surface area contributed by atoms with E-state index in [1.54, 1.807) is 0 Å². The Hall–Kier alpha value is -1.24. The normalized spacial score (nSPS) is 54.7. The van der Waals surface area contributed by atoms with Crippen LogP contribution in [0.4, 0.5) is 0 Å². The van der Waals surface area contributed by atoms with Gasteiger partial charge in [0, 0.05) is 29.1 Å². The molecule has 0 aromatic rings. The van der Waals surface area contributed by atoms with Gasteiger partial charge in [-0.2, -0.15) is 0 Å². The highest BCUT2D eigenvalue weighted by molar-refractivity contribution is 6.00. The second-order valence-corrected chi connectivity index (χ2v) is 9.45. The lowest BCUT2D eigenvalue weighted by molar-refractivity contribution is -0.302. The summed E-state index contributed by atoms with van der Waals surface area (Å²) in [4.78, 5) is 26.4. The van der Waals surface area contributed by atoms with Gasteiger partial charge in [-0.25, -0.2) is 0 Å². The molecule has 6 nitrogen and oxygen atoms in total. The van der Waals surface area contributed by atoms with Gasteiger partial charge in [0.25, 0.3) is 0 Å². The molecular formula is C21H30O6. The molecule has 0 aromatic heterocycles. The standard InChI is InChI=1S/C21H30O6/c1-9-6-13(26-5)19(25)21(4)11(9)7-14-20(3)12(8-15(22)27-14)10(2)16(23)17(24)18(20)21/h6,9-12,14-15,17-18,22,24H,7-8H2,1-5H3/t9?,10?,11?,12-,14+,15-,17?,18?,20+,21-/m0/s1. The Bertz CT molecular complexity index is 715. The first-order valence-electron chi connectivity index (χ1n) is 9.94. The first-order valence-corrected chi connectivity index (χ1v) is 9.94. The number of aliphatic hydroxyl groups excluding tert-OH is 2. The van der Waals surface area contributed by atoms with Gasteiger partial charge in [-0.15, -0.1) is 0 Å². The van der Waals surface area contributed by atoms with Crippen LogP contribution in [0.2, 0.25) is 0 Å². The molecule has 4 aliphatic rings. The number of hydrogen-bond acceptors (Lipinski definition) is 6. The maximum atomic E-state index is 13.5. The minimum absolute atomic E-state index is 0.0370. The number of rotatable bonds is 1. The molecule has 27 heavy (non-hydrogen) atoms. The van der Waals surface area contributed by atoms with E-state index >= 15 is 0 Å². The molecule has 0 aromatic carbocycles. The van der Waals surface area contributed by atoms with E-state index in [4.69, 9.17) is 9.47 Å². The van der Waals surface area contributed by atoms with Gasteiger partial charge in [0.2, 0.25) is 5.78 Å². The number of carbonyl (C=O) groups excluding carboxylic acids is 2. The third-order valence-electron chi connectivity index (χ3n) is 8.47. The third-order valence-corrected chi connectivity index (χ3v) is 8.47. The number of hydrogen-bond donors (Lipinski definition) is 2. The quantitative estimate of drug-likeness (QED) is 0.721. The molecule has 0 amide bonds. The van der Waals surface area contributed by atoms with Gasteiger partial charge in [-0.05, 0) is 30.3 Å². The lowest BCUT2D eigenvalue weighted by Gasteiger charge is -2.67. The fourth-order valence-electron chi connectivity index (χ4n) is 7.16. The summed E-state index contributed by atoms with van der Waals surface area (Å²) in [5, 5.41) is 21.4.